The smallest absolute Gasteiger partial charge is 0.142 e. The van der Waals surface area contributed by atoms with Gasteiger partial charge in [-0.2, -0.15) is 0 Å². The van der Waals surface area contributed by atoms with E-state index in [4.69, 9.17) is 4.84 Å². The molecule has 26 heavy (non-hydrogen) atoms. The summed E-state index contributed by atoms with van der Waals surface area (Å²) in [6.07, 6.45) is 1.07. The molecule has 0 bridgehead atoms. The predicted molar refractivity (Wildman–Crippen MR) is 106 cm³/mol. The number of oxime groups is 1. The minimum absolute atomic E-state index is 0.0562. The molecule has 2 heteroatoms. The molecule has 1 saturated carbocycles. The summed E-state index contributed by atoms with van der Waals surface area (Å²) in [5.41, 5.74) is 4.81. The van der Waals surface area contributed by atoms with Crippen molar-refractivity contribution in [2.75, 3.05) is 0 Å². The molecular formula is C24H23NO. The number of nitrogens with zero attached hydrogens (tertiary/aromatic N) is 1. The first kappa shape index (κ1) is 16.6. The molecule has 1 aliphatic carbocycles. The average Bonchev–Trinajstić information content (AvgIpc) is 3.47. The van der Waals surface area contributed by atoms with Crippen molar-refractivity contribution in [1.82, 2.24) is 0 Å². The zero-order valence-corrected chi connectivity index (χ0v) is 15.0. The molecule has 0 spiro atoms. The van der Waals surface area contributed by atoms with Crippen LogP contribution in [-0.2, 0) is 16.9 Å². The lowest BCUT2D eigenvalue weighted by atomic mass is 9.87. The molecule has 130 valence electrons. The van der Waals surface area contributed by atoms with E-state index in [0.29, 0.717) is 12.5 Å². The molecule has 4 rings (SSSR count). The van der Waals surface area contributed by atoms with Crippen LogP contribution in [0.5, 0.6) is 0 Å². The van der Waals surface area contributed by atoms with Crippen LogP contribution in [0.3, 0.4) is 0 Å². The molecule has 0 aliphatic heterocycles. The van der Waals surface area contributed by atoms with Gasteiger partial charge in [-0.3, -0.25) is 0 Å². The van der Waals surface area contributed by atoms with Crippen LogP contribution in [0.25, 0.3) is 0 Å². The third kappa shape index (κ3) is 3.15. The van der Waals surface area contributed by atoms with Crippen molar-refractivity contribution in [3.8, 4) is 0 Å². The highest BCUT2D eigenvalue weighted by Gasteiger charge is 2.58. The van der Waals surface area contributed by atoms with Gasteiger partial charge in [-0.1, -0.05) is 96.2 Å². The minimum atomic E-state index is -0.0562. The Morgan fingerprint density at radius 3 is 2.12 bits per heavy atom. The standard InChI is InChI=1S/C24H23NO/c1-19(25-26-18-20-11-5-2-6-12-20)24(22-15-9-4-10-16-22)17-23(24)21-13-7-3-8-14-21/h2-16,23H,17-18H2,1H3. The molecule has 0 amide bonds. The van der Waals surface area contributed by atoms with E-state index in [-0.39, 0.29) is 5.41 Å². The maximum atomic E-state index is 5.70. The van der Waals surface area contributed by atoms with Crippen LogP contribution < -0.4 is 0 Å². The number of rotatable bonds is 6. The van der Waals surface area contributed by atoms with Crippen molar-refractivity contribution in [3.63, 3.8) is 0 Å². The Labute approximate surface area is 155 Å². The van der Waals surface area contributed by atoms with Crippen LogP contribution >= 0.6 is 0 Å². The molecule has 0 radical (unpaired) electrons. The molecule has 0 N–H and O–H groups in total. The Balaban J connectivity index is 1.59. The number of hydrogen-bond acceptors (Lipinski definition) is 2. The number of benzene rings is 3. The molecule has 1 fully saturated rings. The maximum Gasteiger partial charge on any atom is 0.142 e. The van der Waals surface area contributed by atoms with E-state index in [2.05, 4.69) is 84.9 Å². The van der Waals surface area contributed by atoms with Gasteiger partial charge in [-0.05, 0) is 30.0 Å². The van der Waals surface area contributed by atoms with Gasteiger partial charge >= 0.3 is 0 Å². The highest BCUT2D eigenvalue weighted by molar-refractivity contribution is 5.97. The van der Waals surface area contributed by atoms with Crippen LogP contribution in [-0.4, -0.2) is 5.71 Å². The summed E-state index contributed by atoms with van der Waals surface area (Å²) in [7, 11) is 0. The van der Waals surface area contributed by atoms with Gasteiger partial charge < -0.3 is 4.84 Å². The first-order chi connectivity index (χ1) is 12.8. The van der Waals surface area contributed by atoms with Crippen molar-refractivity contribution < 1.29 is 4.84 Å². The molecule has 2 nitrogen and oxygen atoms in total. The SMILES string of the molecule is CC(=NOCc1ccccc1)C1(c2ccccc2)CC1c1ccccc1. The topological polar surface area (TPSA) is 21.6 Å². The van der Waals surface area contributed by atoms with Crippen molar-refractivity contribution >= 4 is 5.71 Å². The summed E-state index contributed by atoms with van der Waals surface area (Å²) < 4.78 is 0. The third-order valence-corrected chi connectivity index (χ3v) is 5.37. The number of hydrogen-bond donors (Lipinski definition) is 0. The lowest BCUT2D eigenvalue weighted by Crippen LogP contribution is -2.20. The zero-order valence-electron chi connectivity index (χ0n) is 15.0. The van der Waals surface area contributed by atoms with Gasteiger partial charge in [0, 0.05) is 11.3 Å². The van der Waals surface area contributed by atoms with Crippen LogP contribution in [0.4, 0.5) is 0 Å². The lowest BCUT2D eigenvalue weighted by Gasteiger charge is -2.18. The summed E-state index contributed by atoms with van der Waals surface area (Å²) in [6, 6.07) is 31.6. The fraction of sp³-hybridized carbons (Fsp3) is 0.208. The van der Waals surface area contributed by atoms with Gasteiger partial charge in [-0.25, -0.2) is 0 Å². The molecule has 2 unspecified atom stereocenters. The van der Waals surface area contributed by atoms with Crippen molar-refractivity contribution in [2.45, 2.75) is 31.3 Å². The van der Waals surface area contributed by atoms with Gasteiger partial charge in [0.1, 0.15) is 6.61 Å². The Hall–Kier alpha value is -2.87. The van der Waals surface area contributed by atoms with E-state index >= 15 is 0 Å². The Morgan fingerprint density at radius 1 is 0.885 bits per heavy atom. The van der Waals surface area contributed by atoms with Crippen molar-refractivity contribution in [1.29, 1.82) is 0 Å². The van der Waals surface area contributed by atoms with Gasteiger partial charge in [0.25, 0.3) is 0 Å². The monoisotopic (exact) mass is 341 g/mol. The van der Waals surface area contributed by atoms with Crippen LogP contribution in [0, 0.1) is 0 Å². The Kier molecular flexibility index (Phi) is 4.57. The van der Waals surface area contributed by atoms with Crippen molar-refractivity contribution in [3.05, 3.63) is 108 Å². The highest BCUT2D eigenvalue weighted by Crippen LogP contribution is 2.61. The normalized spacial score (nSPS) is 22.0. The maximum absolute atomic E-state index is 5.70. The largest absolute Gasteiger partial charge is 0.391 e. The fourth-order valence-corrected chi connectivity index (χ4v) is 3.87. The van der Waals surface area contributed by atoms with E-state index in [1.54, 1.807) is 0 Å². The van der Waals surface area contributed by atoms with E-state index in [1.165, 1.54) is 11.1 Å². The molecular weight excluding hydrogens is 318 g/mol. The van der Waals surface area contributed by atoms with Crippen LogP contribution in [0.15, 0.2) is 96.2 Å². The first-order valence-corrected chi connectivity index (χ1v) is 9.12. The predicted octanol–water partition coefficient (Wildman–Crippen LogP) is 5.70. The Morgan fingerprint density at radius 2 is 1.46 bits per heavy atom. The lowest BCUT2D eigenvalue weighted by molar-refractivity contribution is 0.129. The van der Waals surface area contributed by atoms with Crippen LogP contribution in [0.1, 0.15) is 36.0 Å². The molecule has 0 saturated heterocycles. The van der Waals surface area contributed by atoms with Gasteiger partial charge in [0.05, 0.1) is 5.71 Å². The van der Waals surface area contributed by atoms with Gasteiger partial charge in [0.15, 0.2) is 0 Å². The second-order valence-electron chi connectivity index (χ2n) is 6.94. The van der Waals surface area contributed by atoms with Crippen molar-refractivity contribution in [2.24, 2.45) is 5.16 Å². The summed E-state index contributed by atoms with van der Waals surface area (Å²) in [5, 5.41) is 4.52. The van der Waals surface area contributed by atoms with Crippen LogP contribution in [0.2, 0.25) is 0 Å². The van der Waals surface area contributed by atoms with E-state index in [0.717, 1.165) is 17.7 Å². The van der Waals surface area contributed by atoms with Gasteiger partial charge in [0.2, 0.25) is 0 Å². The molecule has 3 aromatic rings. The quantitative estimate of drug-likeness (QED) is 0.416. The average molecular weight is 341 g/mol. The van der Waals surface area contributed by atoms with Gasteiger partial charge in [-0.15, -0.1) is 0 Å². The molecule has 0 aromatic heterocycles. The third-order valence-electron chi connectivity index (χ3n) is 5.37. The van der Waals surface area contributed by atoms with E-state index in [9.17, 15) is 0 Å². The first-order valence-electron chi connectivity index (χ1n) is 9.12. The summed E-state index contributed by atoms with van der Waals surface area (Å²) >= 11 is 0. The molecule has 2 atom stereocenters. The zero-order chi connectivity index (χ0) is 17.8. The second kappa shape index (κ2) is 7.17. The van der Waals surface area contributed by atoms with E-state index in [1.807, 2.05) is 18.2 Å². The summed E-state index contributed by atoms with van der Waals surface area (Å²) in [5.74, 6) is 0.454. The minimum Gasteiger partial charge on any atom is -0.391 e. The summed E-state index contributed by atoms with van der Waals surface area (Å²) in [4.78, 5) is 5.70. The summed E-state index contributed by atoms with van der Waals surface area (Å²) in [6.45, 7) is 2.60. The molecule has 1 aliphatic rings. The van der Waals surface area contributed by atoms with E-state index < -0.39 is 0 Å². The highest BCUT2D eigenvalue weighted by atomic mass is 16.6. The second-order valence-corrected chi connectivity index (χ2v) is 6.94. The fourth-order valence-electron chi connectivity index (χ4n) is 3.87. The molecule has 0 heterocycles. The molecule has 3 aromatic carbocycles. The Bertz CT molecular complexity index is 874.